The van der Waals surface area contributed by atoms with E-state index in [1.807, 2.05) is 47.5 Å². The zero-order chi connectivity index (χ0) is 19.5. The van der Waals surface area contributed by atoms with Gasteiger partial charge in [0.25, 0.3) is 6.01 Å². The van der Waals surface area contributed by atoms with Crippen LogP contribution in [-0.2, 0) is 0 Å². The summed E-state index contributed by atoms with van der Waals surface area (Å²) in [6.45, 7) is 6.84. The predicted molar refractivity (Wildman–Crippen MR) is 108 cm³/mol. The molecule has 0 spiro atoms. The molecule has 1 aliphatic rings. The SMILES string of the molecule is CC(C)[C@H](NC(=O)N1CCN(c2nc3ccccc3o2)CC1)c1cccnc1. The van der Waals surface area contributed by atoms with Crippen molar-refractivity contribution < 1.29 is 9.21 Å². The Morgan fingerprint density at radius 1 is 1.11 bits per heavy atom. The van der Waals surface area contributed by atoms with E-state index in [0.717, 1.165) is 16.7 Å². The molecule has 0 unspecified atom stereocenters. The van der Waals surface area contributed by atoms with Gasteiger partial charge in [-0.3, -0.25) is 4.98 Å². The van der Waals surface area contributed by atoms with Crippen molar-refractivity contribution in [3.8, 4) is 0 Å². The summed E-state index contributed by atoms with van der Waals surface area (Å²) in [5, 5.41) is 3.17. The van der Waals surface area contributed by atoms with E-state index in [-0.39, 0.29) is 18.0 Å². The van der Waals surface area contributed by atoms with Crippen LogP contribution in [0, 0.1) is 5.92 Å². The van der Waals surface area contributed by atoms with Crippen LogP contribution in [0.2, 0.25) is 0 Å². The van der Waals surface area contributed by atoms with Crippen LogP contribution in [0.15, 0.2) is 53.2 Å². The third-order valence-corrected chi connectivity index (χ3v) is 5.11. The van der Waals surface area contributed by atoms with E-state index < -0.39 is 0 Å². The summed E-state index contributed by atoms with van der Waals surface area (Å²) in [6.07, 6.45) is 3.56. The highest BCUT2D eigenvalue weighted by atomic mass is 16.4. The molecule has 3 aromatic rings. The molecule has 7 heteroatoms. The number of nitrogens with one attached hydrogen (secondary N) is 1. The molecule has 1 saturated heterocycles. The number of rotatable bonds is 4. The molecule has 28 heavy (non-hydrogen) atoms. The minimum absolute atomic E-state index is 0.0419. The second kappa shape index (κ2) is 7.88. The molecule has 146 valence electrons. The average Bonchev–Trinajstić information content (AvgIpc) is 3.16. The second-order valence-corrected chi connectivity index (χ2v) is 7.40. The summed E-state index contributed by atoms with van der Waals surface area (Å²) in [5.74, 6) is 0.272. The van der Waals surface area contributed by atoms with Crippen molar-refractivity contribution in [2.75, 3.05) is 31.1 Å². The number of benzene rings is 1. The maximum Gasteiger partial charge on any atom is 0.318 e. The Hall–Kier alpha value is -3.09. The fourth-order valence-electron chi connectivity index (χ4n) is 3.52. The Labute approximate surface area is 164 Å². The topological polar surface area (TPSA) is 74.5 Å². The van der Waals surface area contributed by atoms with Gasteiger partial charge in [-0.25, -0.2) is 4.79 Å². The van der Waals surface area contributed by atoms with Gasteiger partial charge in [0.2, 0.25) is 0 Å². The number of piperazine rings is 1. The molecule has 1 atom stereocenters. The van der Waals surface area contributed by atoms with E-state index in [0.29, 0.717) is 32.2 Å². The lowest BCUT2D eigenvalue weighted by Crippen LogP contribution is -2.52. The molecular weight excluding hydrogens is 354 g/mol. The Morgan fingerprint density at radius 2 is 1.89 bits per heavy atom. The third-order valence-electron chi connectivity index (χ3n) is 5.11. The normalized spacial score (nSPS) is 15.8. The van der Waals surface area contributed by atoms with Gasteiger partial charge in [-0.05, 0) is 29.7 Å². The number of hydrogen-bond acceptors (Lipinski definition) is 5. The number of amides is 2. The lowest BCUT2D eigenvalue weighted by Gasteiger charge is -2.35. The smallest absolute Gasteiger partial charge is 0.318 e. The number of para-hydroxylation sites is 2. The molecule has 2 aromatic heterocycles. The molecule has 4 rings (SSSR count). The number of anilines is 1. The first-order valence-electron chi connectivity index (χ1n) is 9.67. The van der Waals surface area contributed by atoms with Gasteiger partial charge in [0.15, 0.2) is 5.58 Å². The molecule has 1 aliphatic heterocycles. The number of fused-ring (bicyclic) bond motifs is 1. The fraction of sp³-hybridized carbons (Fsp3) is 0.381. The zero-order valence-corrected chi connectivity index (χ0v) is 16.2. The molecule has 0 aliphatic carbocycles. The van der Waals surface area contributed by atoms with E-state index in [9.17, 15) is 4.79 Å². The van der Waals surface area contributed by atoms with Gasteiger partial charge in [-0.1, -0.05) is 32.0 Å². The van der Waals surface area contributed by atoms with Crippen LogP contribution < -0.4 is 10.2 Å². The Balaban J connectivity index is 1.38. The summed E-state index contributed by atoms with van der Waals surface area (Å²) in [7, 11) is 0. The zero-order valence-electron chi connectivity index (χ0n) is 16.2. The van der Waals surface area contributed by atoms with Crippen molar-refractivity contribution >= 4 is 23.1 Å². The number of urea groups is 1. The van der Waals surface area contributed by atoms with Gasteiger partial charge in [-0.2, -0.15) is 4.98 Å². The van der Waals surface area contributed by atoms with Crippen molar-refractivity contribution in [2.24, 2.45) is 5.92 Å². The molecule has 2 amide bonds. The summed E-state index contributed by atoms with van der Waals surface area (Å²) < 4.78 is 5.85. The van der Waals surface area contributed by atoms with E-state index in [1.165, 1.54) is 0 Å². The third kappa shape index (κ3) is 3.78. The van der Waals surface area contributed by atoms with Crippen LogP contribution in [0.4, 0.5) is 10.8 Å². The first-order valence-corrected chi connectivity index (χ1v) is 9.67. The summed E-state index contributed by atoms with van der Waals surface area (Å²) in [4.78, 5) is 25.5. The van der Waals surface area contributed by atoms with E-state index >= 15 is 0 Å². The van der Waals surface area contributed by atoms with Crippen LogP contribution in [0.1, 0.15) is 25.5 Å². The summed E-state index contributed by atoms with van der Waals surface area (Å²) in [6, 6.07) is 12.2. The first kappa shape index (κ1) is 18.3. The Kier molecular flexibility index (Phi) is 5.14. The standard InChI is InChI=1S/C21H25N5O2/c1-15(2)19(16-6-5-9-22-14-16)24-20(27)25-10-12-26(13-11-25)21-23-17-7-3-4-8-18(17)28-21/h3-9,14-15,19H,10-13H2,1-2H3,(H,24,27)/t19-/m0/s1. The monoisotopic (exact) mass is 379 g/mol. The molecule has 0 radical (unpaired) electrons. The van der Waals surface area contributed by atoms with Crippen LogP contribution in [0.25, 0.3) is 11.1 Å². The van der Waals surface area contributed by atoms with Gasteiger partial charge < -0.3 is 19.5 Å². The van der Waals surface area contributed by atoms with Gasteiger partial charge in [0, 0.05) is 38.6 Å². The summed E-state index contributed by atoms with van der Waals surface area (Å²) >= 11 is 0. The van der Waals surface area contributed by atoms with Crippen LogP contribution in [-0.4, -0.2) is 47.1 Å². The molecule has 3 heterocycles. The highest BCUT2D eigenvalue weighted by molar-refractivity contribution is 5.76. The van der Waals surface area contributed by atoms with Crippen molar-refractivity contribution in [3.05, 3.63) is 54.4 Å². The summed E-state index contributed by atoms with van der Waals surface area (Å²) in [5.41, 5.74) is 2.67. The van der Waals surface area contributed by atoms with Crippen molar-refractivity contribution in [2.45, 2.75) is 19.9 Å². The minimum Gasteiger partial charge on any atom is -0.423 e. The number of carbonyl (C=O) groups is 1. The largest absolute Gasteiger partial charge is 0.423 e. The molecule has 1 N–H and O–H groups in total. The number of carbonyl (C=O) groups excluding carboxylic acids is 1. The fourth-order valence-corrected chi connectivity index (χ4v) is 3.52. The number of hydrogen-bond donors (Lipinski definition) is 1. The van der Waals surface area contributed by atoms with Crippen LogP contribution in [0.5, 0.6) is 0 Å². The number of nitrogens with zero attached hydrogens (tertiary/aromatic N) is 4. The van der Waals surface area contributed by atoms with E-state index in [1.54, 1.807) is 6.20 Å². The Morgan fingerprint density at radius 3 is 2.57 bits per heavy atom. The van der Waals surface area contributed by atoms with Crippen molar-refractivity contribution in [1.82, 2.24) is 20.2 Å². The molecule has 1 aromatic carbocycles. The first-order chi connectivity index (χ1) is 13.6. The van der Waals surface area contributed by atoms with Gasteiger partial charge in [0.1, 0.15) is 5.52 Å². The van der Waals surface area contributed by atoms with Gasteiger partial charge >= 0.3 is 6.03 Å². The second-order valence-electron chi connectivity index (χ2n) is 7.40. The quantitative estimate of drug-likeness (QED) is 0.751. The highest BCUT2D eigenvalue weighted by Crippen LogP contribution is 2.24. The number of pyridine rings is 1. The van der Waals surface area contributed by atoms with Crippen molar-refractivity contribution in [1.29, 1.82) is 0 Å². The van der Waals surface area contributed by atoms with E-state index in [2.05, 4.69) is 34.0 Å². The molecule has 1 fully saturated rings. The minimum atomic E-state index is -0.0590. The maximum absolute atomic E-state index is 12.8. The molecular formula is C21H25N5O2. The lowest BCUT2D eigenvalue weighted by molar-refractivity contribution is 0.186. The van der Waals surface area contributed by atoms with E-state index in [4.69, 9.17) is 4.42 Å². The molecule has 0 bridgehead atoms. The van der Waals surface area contributed by atoms with Gasteiger partial charge in [0.05, 0.1) is 6.04 Å². The van der Waals surface area contributed by atoms with Crippen LogP contribution >= 0.6 is 0 Å². The molecule has 7 nitrogen and oxygen atoms in total. The number of oxazole rings is 1. The lowest BCUT2D eigenvalue weighted by atomic mass is 9.97. The number of aromatic nitrogens is 2. The molecule has 0 saturated carbocycles. The maximum atomic E-state index is 12.8. The van der Waals surface area contributed by atoms with Gasteiger partial charge in [-0.15, -0.1) is 0 Å². The Bertz CT molecular complexity index is 899. The van der Waals surface area contributed by atoms with Crippen molar-refractivity contribution in [3.63, 3.8) is 0 Å². The predicted octanol–water partition coefficient (Wildman–Crippen LogP) is 3.45. The average molecular weight is 379 g/mol. The van der Waals surface area contributed by atoms with Crippen LogP contribution in [0.3, 0.4) is 0 Å². The highest BCUT2D eigenvalue weighted by Gasteiger charge is 2.26.